The maximum Gasteiger partial charge on any atom is 0.00488 e. The number of benzene rings is 1. The summed E-state index contributed by atoms with van der Waals surface area (Å²) in [7, 11) is 0.0262. The lowest BCUT2D eigenvalue weighted by molar-refractivity contribution is 1.20. The van der Waals surface area contributed by atoms with Gasteiger partial charge in [-0.05, 0) is 36.0 Å². The van der Waals surface area contributed by atoms with Gasteiger partial charge in [0.2, 0.25) is 0 Å². The van der Waals surface area contributed by atoms with E-state index in [1.165, 1.54) is 22.8 Å². The van der Waals surface area contributed by atoms with E-state index in [-0.39, 0.29) is 16.3 Å². The van der Waals surface area contributed by atoms with Crippen LogP contribution in [0.1, 0.15) is 4.88 Å². The highest BCUT2D eigenvalue weighted by molar-refractivity contribution is 7.64. The third-order valence-electron chi connectivity index (χ3n) is 2.47. The van der Waals surface area contributed by atoms with Crippen LogP contribution in [0.25, 0.3) is 0 Å². The first-order valence-electron chi connectivity index (χ1n) is 5.15. The van der Waals surface area contributed by atoms with Crippen LogP contribution >= 0.6 is 19.3 Å². The highest BCUT2D eigenvalue weighted by atomic mass is 32.1. The smallest absolute Gasteiger partial charge is 0.00488 e. The second-order valence-electron chi connectivity index (χ2n) is 3.59. The van der Waals surface area contributed by atoms with Crippen LogP contribution in [0.3, 0.4) is 0 Å². The van der Waals surface area contributed by atoms with E-state index in [0.717, 1.165) is 0 Å². The largest absolute Gasteiger partial charge is 0.149 e. The van der Waals surface area contributed by atoms with Crippen molar-refractivity contribution in [2.45, 2.75) is 6.42 Å². The van der Waals surface area contributed by atoms with Crippen LogP contribution in [0.15, 0.2) is 47.8 Å². The fraction of sp³-hybridized carbons (Fsp3) is 0.231. The molecule has 0 amide bonds. The van der Waals surface area contributed by atoms with Gasteiger partial charge in [0, 0.05) is 13.3 Å². The van der Waals surface area contributed by atoms with Crippen LogP contribution in [0.5, 0.6) is 0 Å². The number of hydrogen-bond donors (Lipinski definition) is 0. The Balaban J connectivity index is 0.00000128. The van der Waals surface area contributed by atoms with E-state index in [1.807, 2.05) is 11.3 Å². The van der Waals surface area contributed by atoms with E-state index >= 15 is 0 Å². The van der Waals surface area contributed by atoms with Crippen molar-refractivity contribution in [3.8, 4) is 0 Å². The topological polar surface area (TPSA) is 0 Å². The molecule has 0 aliphatic rings. The molecule has 16 heavy (non-hydrogen) atoms. The van der Waals surface area contributed by atoms with Gasteiger partial charge in [-0.2, -0.15) is 0 Å². The molecule has 0 saturated carbocycles. The molecule has 0 spiro atoms. The molecule has 3 heteroatoms. The van der Waals surface area contributed by atoms with Gasteiger partial charge in [0.05, 0.1) is 0 Å². The molecule has 1 aromatic carbocycles. The molecular weight excluding hydrogens is 230 g/mol. The van der Waals surface area contributed by atoms with Crippen LogP contribution in [0.4, 0.5) is 0 Å². The lowest BCUT2D eigenvalue weighted by Crippen LogP contribution is -2.02. The minimum Gasteiger partial charge on any atom is -0.149 e. The summed E-state index contributed by atoms with van der Waals surface area (Å²) in [5.74, 6) is 0. The first-order chi connectivity index (χ1) is 7.36. The molecule has 2 rings (SSSR count). The minimum absolute atomic E-state index is 0. The van der Waals surface area contributed by atoms with Gasteiger partial charge in [0.25, 0.3) is 0 Å². The van der Waals surface area contributed by atoms with Gasteiger partial charge in [-0.25, -0.2) is 0 Å². The standard InChI is InChI=1S/C13H15PS.B/c1-14(12-6-3-2-4-7-12)10-9-13-8-5-11-15-13;/h2-8,11H,9-10H2,1H3;. The zero-order valence-corrected chi connectivity index (χ0v) is 11.2. The monoisotopic (exact) mass is 245 g/mol. The first kappa shape index (κ1) is 13.5. The quantitative estimate of drug-likeness (QED) is 0.572. The molecule has 0 nitrogen and oxygen atoms in total. The van der Waals surface area contributed by atoms with Crippen molar-refractivity contribution >= 4 is 33.0 Å². The Morgan fingerprint density at radius 2 is 1.81 bits per heavy atom. The zero-order chi connectivity index (χ0) is 10.5. The van der Waals surface area contributed by atoms with Gasteiger partial charge in [-0.3, -0.25) is 0 Å². The predicted molar refractivity (Wildman–Crippen MR) is 77.6 cm³/mol. The van der Waals surface area contributed by atoms with Crippen molar-refractivity contribution in [2.24, 2.45) is 0 Å². The van der Waals surface area contributed by atoms with E-state index in [1.54, 1.807) is 0 Å². The van der Waals surface area contributed by atoms with Crippen molar-refractivity contribution in [1.82, 2.24) is 0 Å². The van der Waals surface area contributed by atoms with Crippen LogP contribution in [0, 0.1) is 0 Å². The molecule has 0 N–H and O–H groups in total. The summed E-state index contributed by atoms with van der Waals surface area (Å²) in [6.45, 7) is 2.37. The van der Waals surface area contributed by atoms with Crippen LogP contribution < -0.4 is 5.30 Å². The predicted octanol–water partition coefficient (Wildman–Crippen LogP) is 3.35. The third kappa shape index (κ3) is 3.77. The highest BCUT2D eigenvalue weighted by Crippen LogP contribution is 2.30. The van der Waals surface area contributed by atoms with E-state index in [9.17, 15) is 0 Å². The van der Waals surface area contributed by atoms with E-state index in [0.29, 0.717) is 0 Å². The maximum atomic E-state index is 2.37. The zero-order valence-electron chi connectivity index (χ0n) is 9.47. The summed E-state index contributed by atoms with van der Waals surface area (Å²) in [4.78, 5) is 1.51. The molecule has 3 radical (unpaired) electrons. The summed E-state index contributed by atoms with van der Waals surface area (Å²) in [6.07, 6.45) is 2.54. The van der Waals surface area contributed by atoms with Crippen molar-refractivity contribution in [2.75, 3.05) is 12.8 Å². The minimum atomic E-state index is 0. The van der Waals surface area contributed by atoms with Crippen LogP contribution in [-0.2, 0) is 6.42 Å². The molecular formula is C13H15BPS. The number of thiophene rings is 1. The Labute approximate surface area is 105 Å². The van der Waals surface area contributed by atoms with Gasteiger partial charge in [-0.1, -0.05) is 44.3 Å². The number of rotatable bonds is 4. The Kier molecular flexibility index (Phi) is 5.80. The Morgan fingerprint density at radius 1 is 1.06 bits per heavy atom. The van der Waals surface area contributed by atoms with Crippen molar-refractivity contribution in [3.63, 3.8) is 0 Å². The van der Waals surface area contributed by atoms with Crippen molar-refractivity contribution in [3.05, 3.63) is 52.7 Å². The van der Waals surface area contributed by atoms with Crippen molar-refractivity contribution < 1.29 is 0 Å². The summed E-state index contributed by atoms with van der Waals surface area (Å²) in [6, 6.07) is 15.2. The fourth-order valence-electron chi connectivity index (χ4n) is 1.54. The molecule has 1 unspecified atom stereocenters. The molecule has 0 aliphatic carbocycles. The van der Waals surface area contributed by atoms with Crippen molar-refractivity contribution in [1.29, 1.82) is 0 Å². The molecule has 81 valence electrons. The third-order valence-corrected chi connectivity index (χ3v) is 5.48. The van der Waals surface area contributed by atoms with E-state index in [2.05, 4.69) is 54.5 Å². The van der Waals surface area contributed by atoms with Crippen LogP contribution in [-0.4, -0.2) is 21.2 Å². The highest BCUT2D eigenvalue weighted by Gasteiger charge is 2.04. The van der Waals surface area contributed by atoms with Gasteiger partial charge in [-0.15, -0.1) is 11.3 Å². The molecule has 0 bridgehead atoms. The van der Waals surface area contributed by atoms with Gasteiger partial charge < -0.3 is 0 Å². The molecule has 2 aromatic rings. The lowest BCUT2D eigenvalue weighted by Gasteiger charge is -2.11. The molecule has 0 aliphatic heterocycles. The Bertz CT molecular complexity index is 386. The van der Waals surface area contributed by atoms with Gasteiger partial charge in [0.15, 0.2) is 0 Å². The average Bonchev–Trinajstić information content (AvgIpc) is 2.80. The lowest BCUT2D eigenvalue weighted by atomic mass is 10.4. The Morgan fingerprint density at radius 3 is 2.44 bits per heavy atom. The number of aryl methyl sites for hydroxylation is 1. The molecule has 1 aromatic heterocycles. The van der Waals surface area contributed by atoms with Crippen LogP contribution in [0.2, 0.25) is 0 Å². The first-order valence-corrected chi connectivity index (χ1v) is 8.00. The van der Waals surface area contributed by atoms with E-state index in [4.69, 9.17) is 0 Å². The van der Waals surface area contributed by atoms with Gasteiger partial charge >= 0.3 is 0 Å². The Hall–Kier alpha value is -0.585. The summed E-state index contributed by atoms with van der Waals surface area (Å²) < 4.78 is 0. The van der Waals surface area contributed by atoms with E-state index < -0.39 is 0 Å². The molecule has 1 atom stereocenters. The summed E-state index contributed by atoms with van der Waals surface area (Å²) in [5, 5.41) is 3.68. The molecule has 0 saturated heterocycles. The average molecular weight is 245 g/mol. The van der Waals surface area contributed by atoms with Gasteiger partial charge in [0.1, 0.15) is 0 Å². The molecule has 1 heterocycles. The summed E-state index contributed by atoms with van der Waals surface area (Å²) >= 11 is 1.87. The molecule has 0 fully saturated rings. The number of hydrogen-bond acceptors (Lipinski definition) is 1. The maximum absolute atomic E-state index is 2.37. The SMILES string of the molecule is CP(CCc1cccs1)c1ccccc1.[B]. The fourth-order valence-corrected chi connectivity index (χ4v) is 3.92. The normalized spacial score (nSPS) is 11.8. The second kappa shape index (κ2) is 6.88. The summed E-state index contributed by atoms with van der Waals surface area (Å²) in [5.41, 5.74) is 0. The second-order valence-corrected chi connectivity index (χ2v) is 6.98.